The lowest BCUT2D eigenvalue weighted by molar-refractivity contribution is -0.141. The van der Waals surface area contributed by atoms with Gasteiger partial charge in [0.05, 0.1) is 82.7 Å². The van der Waals surface area contributed by atoms with Crippen molar-refractivity contribution in [1.29, 1.82) is 0 Å². The number of aliphatic hydroxyl groups excluding tert-OH is 2. The zero-order valence-electron chi connectivity index (χ0n) is 57.5. The van der Waals surface area contributed by atoms with Gasteiger partial charge in [-0.15, -0.1) is 0 Å². The molecule has 2 aromatic rings. The second-order valence-corrected chi connectivity index (χ2v) is 26.8. The summed E-state index contributed by atoms with van der Waals surface area (Å²) in [6, 6.07) is 16.9. The minimum atomic E-state index is -0.275. The summed E-state index contributed by atoms with van der Waals surface area (Å²) < 4.78 is 10.5. The molecule has 10 aliphatic heterocycles. The molecule has 2 aromatic carbocycles. The van der Waals surface area contributed by atoms with E-state index < -0.39 is 0 Å². The Morgan fingerprint density at radius 1 is 0.458 bits per heavy atom. The van der Waals surface area contributed by atoms with Crippen LogP contribution in [0.25, 0.3) is 11.1 Å². The van der Waals surface area contributed by atoms with Gasteiger partial charge in [0.2, 0.25) is 0 Å². The van der Waals surface area contributed by atoms with Crippen LogP contribution >= 0.6 is 0 Å². The third-order valence-corrected chi connectivity index (χ3v) is 21.8. The molecule has 0 saturated carbocycles. The molecule has 96 heavy (non-hydrogen) atoms. The topological polar surface area (TPSA) is 191 Å². The SMILES string of the molecule is CCC1=C(C)C2=NC1=CC1=C(C)C3=C(O)CC(=C4NC(=C(c5ccc(C#Cc6ccc(C7=C8NC(=C9CC(O)=C%10C9=NC(=C%10C)C=C9N=C(C=C%10N=C7C(C)=C%10CC)C(C)=C9CC)[C@@H](CCC(=O)OC)[C@@H]8C)cc6)cc5)C5=NC(=C2)C(CC)=C5C)[C@@H](C)[C@@H]4CCC(=O)OC)C3=N1. The summed E-state index contributed by atoms with van der Waals surface area (Å²) in [6.07, 6.45) is 13.7. The van der Waals surface area contributed by atoms with Gasteiger partial charge in [-0.3, -0.25) is 9.59 Å². The van der Waals surface area contributed by atoms with Crippen LogP contribution in [0.1, 0.15) is 170 Å². The van der Waals surface area contributed by atoms with E-state index in [1.54, 1.807) is 0 Å². The van der Waals surface area contributed by atoms with Gasteiger partial charge in [0.15, 0.2) is 0 Å². The molecule has 0 unspecified atom stereocenters. The van der Waals surface area contributed by atoms with Crippen molar-refractivity contribution in [2.45, 2.75) is 147 Å². The quantitative estimate of drug-likeness (QED) is 0.119. The van der Waals surface area contributed by atoms with Crippen molar-refractivity contribution >= 4 is 57.4 Å². The minimum absolute atomic E-state index is 0.105. The molecular weight excluding hydrogens is 1190 g/mol. The Bertz CT molecular complexity index is 4510. The van der Waals surface area contributed by atoms with Crippen LogP contribution in [0.2, 0.25) is 0 Å². The number of aliphatic hydroxyl groups is 2. The maximum atomic E-state index is 13.0. The molecule has 12 aliphatic rings. The van der Waals surface area contributed by atoms with E-state index in [4.69, 9.17) is 39.4 Å². The summed E-state index contributed by atoms with van der Waals surface area (Å²) in [5, 5.41) is 31.7. The summed E-state index contributed by atoms with van der Waals surface area (Å²) in [5.41, 5.74) is 33.7. The number of methoxy groups -OCH3 is 2. The number of nitrogens with one attached hydrogen (secondary N) is 2. The normalized spacial score (nSPS) is 23.3. The minimum Gasteiger partial charge on any atom is -0.511 e. The number of benzene rings is 2. The fourth-order valence-corrected chi connectivity index (χ4v) is 16.4. The van der Waals surface area contributed by atoms with Crippen LogP contribution in [0.5, 0.6) is 0 Å². The van der Waals surface area contributed by atoms with E-state index in [9.17, 15) is 19.8 Å². The molecule has 0 aromatic heterocycles. The van der Waals surface area contributed by atoms with Gasteiger partial charge in [0.1, 0.15) is 11.5 Å². The smallest absolute Gasteiger partial charge is 0.305 e. The molecule has 16 bridgehead atoms. The molecule has 14 heteroatoms. The predicted octanol–water partition coefficient (Wildman–Crippen LogP) is 16.8. The summed E-state index contributed by atoms with van der Waals surface area (Å²) in [5.74, 6) is 6.55. The third-order valence-electron chi connectivity index (χ3n) is 21.8. The molecule has 0 spiro atoms. The molecule has 2 aliphatic carbocycles. The molecule has 14 nitrogen and oxygen atoms in total. The first-order chi connectivity index (χ1) is 46.3. The number of aliphatic imine (C=N–C) groups is 6. The summed E-state index contributed by atoms with van der Waals surface area (Å²) >= 11 is 0. The molecule has 0 radical (unpaired) electrons. The second kappa shape index (κ2) is 24.6. The molecule has 2 fully saturated rings. The number of allylic oxidation sites excluding steroid dienone is 24. The Morgan fingerprint density at radius 2 is 0.812 bits per heavy atom. The van der Waals surface area contributed by atoms with Crippen LogP contribution in [-0.2, 0) is 19.1 Å². The van der Waals surface area contributed by atoms with Gasteiger partial charge in [-0.2, -0.15) is 0 Å². The van der Waals surface area contributed by atoms with Crippen molar-refractivity contribution in [2.24, 2.45) is 53.6 Å². The highest BCUT2D eigenvalue weighted by molar-refractivity contribution is 6.35. The van der Waals surface area contributed by atoms with Gasteiger partial charge in [0.25, 0.3) is 0 Å². The van der Waals surface area contributed by atoms with E-state index in [0.29, 0.717) is 25.7 Å². The van der Waals surface area contributed by atoms with Crippen molar-refractivity contribution in [3.05, 3.63) is 242 Å². The lowest BCUT2D eigenvalue weighted by Gasteiger charge is -2.19. The van der Waals surface area contributed by atoms with Crippen molar-refractivity contribution in [3.63, 3.8) is 0 Å². The Morgan fingerprint density at radius 3 is 1.17 bits per heavy atom. The lowest BCUT2D eigenvalue weighted by atomic mass is 9.83. The van der Waals surface area contributed by atoms with E-state index in [1.165, 1.54) is 14.2 Å². The van der Waals surface area contributed by atoms with Crippen molar-refractivity contribution in [3.8, 4) is 11.8 Å². The fourth-order valence-electron chi connectivity index (χ4n) is 16.4. The van der Waals surface area contributed by atoms with Crippen molar-refractivity contribution in [1.82, 2.24) is 10.6 Å². The highest BCUT2D eigenvalue weighted by atomic mass is 16.5. The molecule has 2 saturated heterocycles. The second-order valence-electron chi connectivity index (χ2n) is 26.8. The summed E-state index contributed by atoms with van der Waals surface area (Å²) in [4.78, 5) is 58.3. The molecular formula is C82H82N8O6. The van der Waals surface area contributed by atoms with Crippen molar-refractivity contribution < 1.29 is 29.3 Å². The molecule has 14 rings (SSSR count). The third kappa shape index (κ3) is 10.3. The zero-order valence-corrected chi connectivity index (χ0v) is 57.5. The average molecular weight is 1280 g/mol. The van der Waals surface area contributed by atoms with Gasteiger partial charge in [0, 0.05) is 117 Å². The molecule has 486 valence electrons. The van der Waals surface area contributed by atoms with Gasteiger partial charge >= 0.3 is 11.9 Å². The lowest BCUT2D eigenvalue weighted by Crippen LogP contribution is -2.16. The fraction of sp³-hybridized carbons (Fsp3) is 0.341. The number of fused-ring (bicyclic) bond motifs is 10. The Balaban J connectivity index is 0.869. The summed E-state index contributed by atoms with van der Waals surface area (Å²) in [7, 11) is 2.87. The van der Waals surface area contributed by atoms with E-state index >= 15 is 0 Å². The number of rotatable bonds is 12. The van der Waals surface area contributed by atoms with Gasteiger partial charge in [-0.1, -0.05) is 77.6 Å². The Hall–Kier alpha value is -10.0. The van der Waals surface area contributed by atoms with Crippen LogP contribution in [0.15, 0.2) is 249 Å². The Kier molecular flexibility index (Phi) is 16.3. The first kappa shape index (κ1) is 63.4. The maximum absolute atomic E-state index is 13.0. The van der Waals surface area contributed by atoms with Gasteiger partial charge in [-0.25, -0.2) is 30.0 Å². The molecule has 10 heterocycles. The number of carbonyl (C=O) groups is 2. The monoisotopic (exact) mass is 1270 g/mol. The maximum Gasteiger partial charge on any atom is 0.305 e. The number of hydrogen-bond acceptors (Lipinski definition) is 14. The number of nitrogens with zero attached hydrogens (tertiary/aromatic N) is 6. The van der Waals surface area contributed by atoms with E-state index in [1.807, 2.05) is 13.8 Å². The molecule has 4 N–H and O–H groups in total. The van der Waals surface area contributed by atoms with Crippen LogP contribution in [0.4, 0.5) is 0 Å². The van der Waals surface area contributed by atoms with Crippen LogP contribution in [0, 0.1) is 35.5 Å². The van der Waals surface area contributed by atoms with E-state index in [0.717, 1.165) is 228 Å². The number of ether oxygens (including phenoxy) is 2. The first-order valence-corrected chi connectivity index (χ1v) is 34.1. The number of esters is 2. The zero-order chi connectivity index (χ0) is 67.4. The van der Waals surface area contributed by atoms with Gasteiger partial charge in [-0.05, 0) is 195 Å². The standard InChI is InChI=1S/C82H82N8O6/c1-15-51-39(5)59-35-65-53(17-3)41(7)75(87-65)73(77-43(9)55(29-31-69(93)95-13)79(89-77)57-33-67(91)71-45(11)61(85-81(57)71)37-63(51)83-59)49-25-21-47(22-26-49)19-20-48-23-27-50(28-24-48)74-76-42(8)54(18-4)66(88-76)36-60-40(6)52(16-2)64(84-60)38-62-46(12)72-68(92)34-58(82(72)86-62)80-56(30-32-70(94)96-14)44(10)78(74)90-80/h21-28,35-38,43-44,55-56,89-92H,15-18,29-34H2,1-14H3/t43-,44-,55-,56-/m0/s1. The van der Waals surface area contributed by atoms with Crippen molar-refractivity contribution in [2.75, 3.05) is 14.2 Å². The summed E-state index contributed by atoms with van der Waals surface area (Å²) in [6.45, 7) is 25.8. The first-order valence-electron chi connectivity index (χ1n) is 34.1. The van der Waals surface area contributed by atoms with Crippen LogP contribution in [0.3, 0.4) is 0 Å². The highest BCUT2D eigenvalue weighted by Crippen LogP contribution is 2.52. The molecule has 0 amide bonds. The highest BCUT2D eigenvalue weighted by Gasteiger charge is 2.46. The number of hydrogen-bond donors (Lipinski definition) is 4. The number of carbonyl (C=O) groups excluding carboxylic acids is 2. The largest absolute Gasteiger partial charge is 0.511 e. The average Bonchev–Trinajstić information content (AvgIpc) is 1.58. The van der Waals surface area contributed by atoms with Crippen LogP contribution < -0.4 is 10.6 Å². The van der Waals surface area contributed by atoms with E-state index in [-0.39, 0.29) is 60.0 Å². The predicted molar refractivity (Wildman–Crippen MR) is 384 cm³/mol. The van der Waals surface area contributed by atoms with Crippen LogP contribution in [-0.4, -0.2) is 70.6 Å². The Labute approximate surface area is 563 Å². The molecule has 4 atom stereocenters. The van der Waals surface area contributed by atoms with Gasteiger partial charge < -0.3 is 30.3 Å². The van der Waals surface area contributed by atoms with E-state index in [2.05, 4.69) is 165 Å².